The number of rotatable bonds is 2. The highest BCUT2D eigenvalue weighted by atomic mass is 32.2. The van der Waals surface area contributed by atoms with Crippen molar-refractivity contribution >= 4 is 16.9 Å². The molecule has 2 rings (SSSR count). The summed E-state index contributed by atoms with van der Waals surface area (Å²) >= 11 is 1.91. The Morgan fingerprint density at radius 1 is 1.35 bits per heavy atom. The lowest BCUT2D eigenvalue weighted by Gasteiger charge is -2.36. The average molecular weight is 254 g/mol. The second-order valence-corrected chi connectivity index (χ2v) is 7.48. The fourth-order valence-electron chi connectivity index (χ4n) is 2.67. The van der Waals surface area contributed by atoms with E-state index in [4.69, 9.17) is 4.99 Å². The van der Waals surface area contributed by atoms with Crippen LogP contribution in [0.3, 0.4) is 0 Å². The molecule has 2 unspecified atom stereocenters. The highest BCUT2D eigenvalue weighted by Gasteiger charge is 2.35. The molecule has 0 aromatic carbocycles. The van der Waals surface area contributed by atoms with Gasteiger partial charge in [-0.05, 0) is 31.6 Å². The number of hydrogen-bond acceptors (Lipinski definition) is 2. The van der Waals surface area contributed by atoms with Gasteiger partial charge in [0.25, 0.3) is 0 Å². The Labute approximate surface area is 110 Å². The monoisotopic (exact) mass is 254 g/mol. The molecular formula is C14H26N2S. The fraction of sp³-hybridized carbons (Fsp3) is 0.929. The van der Waals surface area contributed by atoms with Crippen molar-refractivity contribution in [2.45, 2.75) is 71.4 Å². The maximum absolute atomic E-state index is 5.00. The first-order valence-electron chi connectivity index (χ1n) is 6.94. The Morgan fingerprint density at radius 3 is 2.71 bits per heavy atom. The Balaban J connectivity index is 2.05. The molecule has 0 aromatic heterocycles. The summed E-state index contributed by atoms with van der Waals surface area (Å²) in [6.07, 6.45) is 6.49. The molecule has 1 saturated heterocycles. The van der Waals surface area contributed by atoms with Crippen molar-refractivity contribution in [3.63, 3.8) is 0 Å². The standard InChI is InChI=1S/C14H26N2S/c1-5-14(4)10-17-12(16-14)15-11-8-6-7-9-13(11,2)3/h11H,5-10H2,1-4H3,(H,15,16). The average Bonchev–Trinajstić information content (AvgIpc) is 2.64. The molecule has 0 amide bonds. The molecular weight excluding hydrogens is 228 g/mol. The van der Waals surface area contributed by atoms with E-state index in [9.17, 15) is 0 Å². The van der Waals surface area contributed by atoms with E-state index in [1.807, 2.05) is 11.8 Å². The van der Waals surface area contributed by atoms with E-state index in [1.165, 1.54) is 37.3 Å². The van der Waals surface area contributed by atoms with Crippen LogP contribution in [0, 0.1) is 5.41 Å². The zero-order chi connectivity index (χ0) is 12.5. The SMILES string of the molecule is CCC1(C)CSC(=NC2CCCCC2(C)C)N1. The van der Waals surface area contributed by atoms with Gasteiger partial charge in [0.05, 0.1) is 6.04 Å². The largest absolute Gasteiger partial charge is 0.359 e. The zero-order valence-electron chi connectivity index (χ0n) is 11.7. The van der Waals surface area contributed by atoms with Gasteiger partial charge in [0.1, 0.15) is 0 Å². The van der Waals surface area contributed by atoms with Crippen LogP contribution in [-0.4, -0.2) is 22.5 Å². The third-order valence-corrected chi connectivity index (χ3v) is 5.70. The molecule has 1 aliphatic heterocycles. The number of hydrogen-bond donors (Lipinski definition) is 1. The molecule has 3 heteroatoms. The quantitative estimate of drug-likeness (QED) is 0.810. The predicted molar refractivity (Wildman–Crippen MR) is 77.8 cm³/mol. The Hall–Kier alpha value is -0.180. The van der Waals surface area contributed by atoms with E-state index >= 15 is 0 Å². The third-order valence-electron chi connectivity index (χ3n) is 4.44. The maximum atomic E-state index is 5.00. The van der Waals surface area contributed by atoms with Crippen molar-refractivity contribution < 1.29 is 0 Å². The summed E-state index contributed by atoms with van der Waals surface area (Å²) in [5.74, 6) is 1.16. The lowest BCUT2D eigenvalue weighted by Crippen LogP contribution is -2.41. The van der Waals surface area contributed by atoms with Crippen LogP contribution < -0.4 is 5.32 Å². The highest BCUT2D eigenvalue weighted by molar-refractivity contribution is 8.14. The van der Waals surface area contributed by atoms with Gasteiger partial charge in [0.15, 0.2) is 5.17 Å². The highest BCUT2D eigenvalue weighted by Crippen LogP contribution is 2.38. The third kappa shape index (κ3) is 2.98. The van der Waals surface area contributed by atoms with E-state index < -0.39 is 0 Å². The minimum absolute atomic E-state index is 0.266. The number of nitrogens with one attached hydrogen (secondary N) is 1. The molecule has 0 radical (unpaired) electrons. The normalized spacial score (nSPS) is 39.3. The van der Waals surface area contributed by atoms with Gasteiger partial charge in [0, 0.05) is 11.3 Å². The summed E-state index contributed by atoms with van der Waals surface area (Å²) in [6, 6.07) is 0.519. The van der Waals surface area contributed by atoms with Crippen molar-refractivity contribution in [2.75, 3.05) is 5.75 Å². The maximum Gasteiger partial charge on any atom is 0.157 e. The van der Waals surface area contributed by atoms with Gasteiger partial charge < -0.3 is 5.32 Å². The van der Waals surface area contributed by atoms with E-state index in [0.29, 0.717) is 11.5 Å². The van der Waals surface area contributed by atoms with Crippen LogP contribution in [0.5, 0.6) is 0 Å². The fourth-order valence-corrected chi connectivity index (χ4v) is 3.93. The van der Waals surface area contributed by atoms with E-state index in [0.717, 1.165) is 5.75 Å². The van der Waals surface area contributed by atoms with Gasteiger partial charge in [-0.3, -0.25) is 4.99 Å². The molecule has 1 aliphatic carbocycles. The molecule has 0 spiro atoms. The van der Waals surface area contributed by atoms with Gasteiger partial charge >= 0.3 is 0 Å². The zero-order valence-corrected chi connectivity index (χ0v) is 12.5. The van der Waals surface area contributed by atoms with Gasteiger partial charge in [-0.2, -0.15) is 0 Å². The van der Waals surface area contributed by atoms with E-state index in [-0.39, 0.29) is 5.54 Å². The van der Waals surface area contributed by atoms with Crippen LogP contribution in [0.25, 0.3) is 0 Å². The Bertz CT molecular complexity index is 311. The molecule has 1 heterocycles. The van der Waals surface area contributed by atoms with Crippen molar-refractivity contribution in [1.82, 2.24) is 5.32 Å². The van der Waals surface area contributed by atoms with Crippen molar-refractivity contribution in [1.29, 1.82) is 0 Å². The van der Waals surface area contributed by atoms with Gasteiger partial charge in [-0.25, -0.2) is 0 Å². The van der Waals surface area contributed by atoms with E-state index in [1.54, 1.807) is 0 Å². The number of amidine groups is 1. The first kappa shape index (κ1) is 13.3. The second-order valence-electron chi connectivity index (χ2n) is 6.51. The summed E-state index contributed by atoms with van der Waals surface area (Å²) in [7, 11) is 0. The topological polar surface area (TPSA) is 24.4 Å². The molecule has 98 valence electrons. The smallest absolute Gasteiger partial charge is 0.157 e. The van der Waals surface area contributed by atoms with Crippen LogP contribution in [-0.2, 0) is 0 Å². The summed E-state index contributed by atoms with van der Waals surface area (Å²) in [5.41, 5.74) is 0.654. The van der Waals surface area contributed by atoms with Crippen molar-refractivity contribution in [2.24, 2.45) is 10.4 Å². The van der Waals surface area contributed by atoms with Crippen molar-refractivity contribution in [3.8, 4) is 0 Å². The van der Waals surface area contributed by atoms with Crippen LogP contribution in [0.1, 0.15) is 59.8 Å². The molecule has 2 fully saturated rings. The van der Waals surface area contributed by atoms with E-state index in [2.05, 4.69) is 33.0 Å². The second kappa shape index (κ2) is 4.83. The van der Waals surface area contributed by atoms with Gasteiger partial charge in [-0.15, -0.1) is 0 Å². The summed E-state index contributed by atoms with van der Waals surface area (Å²) in [4.78, 5) is 5.00. The number of aliphatic imine (C=N–C) groups is 1. The summed E-state index contributed by atoms with van der Waals surface area (Å²) < 4.78 is 0. The van der Waals surface area contributed by atoms with Crippen LogP contribution in [0.15, 0.2) is 4.99 Å². The lowest BCUT2D eigenvalue weighted by molar-refractivity contribution is 0.203. The molecule has 0 aromatic rings. The van der Waals surface area contributed by atoms with Crippen LogP contribution in [0.2, 0.25) is 0 Å². The first-order valence-corrected chi connectivity index (χ1v) is 7.92. The lowest BCUT2D eigenvalue weighted by atomic mass is 9.73. The molecule has 2 aliphatic rings. The minimum atomic E-state index is 0.266. The Kier molecular flexibility index (Phi) is 3.77. The summed E-state index contributed by atoms with van der Waals surface area (Å²) in [6.45, 7) is 9.30. The molecule has 1 N–H and O–H groups in total. The molecule has 2 atom stereocenters. The van der Waals surface area contributed by atoms with Gasteiger partial charge in [-0.1, -0.05) is 45.4 Å². The molecule has 1 saturated carbocycles. The molecule has 0 bridgehead atoms. The van der Waals surface area contributed by atoms with Crippen LogP contribution >= 0.6 is 11.8 Å². The number of thioether (sulfide) groups is 1. The summed E-state index contributed by atoms with van der Waals surface area (Å²) in [5, 5.41) is 4.80. The van der Waals surface area contributed by atoms with Crippen LogP contribution in [0.4, 0.5) is 0 Å². The minimum Gasteiger partial charge on any atom is -0.359 e. The first-order chi connectivity index (χ1) is 7.95. The Morgan fingerprint density at radius 2 is 2.12 bits per heavy atom. The molecule has 17 heavy (non-hydrogen) atoms. The number of nitrogens with zero attached hydrogens (tertiary/aromatic N) is 1. The predicted octanol–water partition coefficient (Wildman–Crippen LogP) is 3.82. The van der Waals surface area contributed by atoms with Crippen molar-refractivity contribution in [3.05, 3.63) is 0 Å². The molecule has 2 nitrogen and oxygen atoms in total. The van der Waals surface area contributed by atoms with Gasteiger partial charge in [0.2, 0.25) is 0 Å².